The van der Waals surface area contributed by atoms with Crippen LogP contribution in [0.3, 0.4) is 0 Å². The van der Waals surface area contributed by atoms with E-state index in [9.17, 15) is 4.79 Å². The van der Waals surface area contributed by atoms with Crippen molar-refractivity contribution < 1.29 is 4.79 Å². The molecule has 5 rings (SSSR count). The van der Waals surface area contributed by atoms with Gasteiger partial charge in [0, 0.05) is 56.6 Å². The highest BCUT2D eigenvalue weighted by atomic mass is 16.2. The highest BCUT2D eigenvalue weighted by Gasteiger charge is 2.32. The molecule has 3 aliphatic rings. The number of rotatable bonds is 5. The number of hydrogen-bond donors (Lipinski definition) is 0. The van der Waals surface area contributed by atoms with Crippen LogP contribution in [-0.4, -0.2) is 59.1 Å². The first-order chi connectivity index (χ1) is 16.9. The van der Waals surface area contributed by atoms with Crippen LogP contribution in [0.4, 0.5) is 0 Å². The molecule has 2 atom stereocenters. The number of benzene rings is 1. The van der Waals surface area contributed by atoms with Gasteiger partial charge in [-0.15, -0.1) is 0 Å². The Labute approximate surface area is 210 Å². The van der Waals surface area contributed by atoms with Gasteiger partial charge in [-0.1, -0.05) is 25.1 Å². The molecule has 5 nitrogen and oxygen atoms in total. The molecule has 2 aromatic rings. The first-order valence-electron chi connectivity index (χ1n) is 13.1. The van der Waals surface area contributed by atoms with E-state index in [0.29, 0.717) is 30.7 Å². The molecular weight excluding hydrogens is 432 g/mol. The van der Waals surface area contributed by atoms with E-state index < -0.39 is 0 Å². The van der Waals surface area contributed by atoms with E-state index in [1.807, 2.05) is 19.2 Å². The quantitative estimate of drug-likeness (QED) is 0.625. The SMILES string of the molecule is Cc1cc(C2=NCC3=C2CN(C(=O)CC2CC(C)CN(Cc4c(C)cccc4C)C2)CC3)ccn1. The van der Waals surface area contributed by atoms with Gasteiger partial charge >= 0.3 is 0 Å². The molecule has 1 saturated heterocycles. The summed E-state index contributed by atoms with van der Waals surface area (Å²) >= 11 is 0. The lowest BCUT2D eigenvalue weighted by molar-refractivity contribution is -0.132. The zero-order chi connectivity index (χ0) is 24.5. The molecule has 0 bridgehead atoms. The summed E-state index contributed by atoms with van der Waals surface area (Å²) < 4.78 is 0. The van der Waals surface area contributed by atoms with Crippen LogP contribution < -0.4 is 0 Å². The fourth-order valence-electron chi connectivity index (χ4n) is 6.23. The summed E-state index contributed by atoms with van der Waals surface area (Å²) in [4.78, 5) is 27.3. The van der Waals surface area contributed by atoms with E-state index in [1.165, 1.54) is 27.8 Å². The summed E-state index contributed by atoms with van der Waals surface area (Å²) in [5.41, 5.74) is 10.0. The van der Waals surface area contributed by atoms with Gasteiger partial charge in [0.1, 0.15) is 0 Å². The average molecular weight is 471 g/mol. The molecule has 0 spiro atoms. The van der Waals surface area contributed by atoms with Gasteiger partial charge < -0.3 is 4.90 Å². The lowest BCUT2D eigenvalue weighted by Crippen LogP contribution is -2.43. The zero-order valence-corrected chi connectivity index (χ0v) is 21.7. The fraction of sp³-hybridized carbons (Fsp3) is 0.500. The van der Waals surface area contributed by atoms with E-state index in [0.717, 1.165) is 62.5 Å². The Hall–Kier alpha value is -2.79. The largest absolute Gasteiger partial charge is 0.338 e. The minimum atomic E-state index is 0.305. The van der Waals surface area contributed by atoms with Gasteiger partial charge in [0.25, 0.3) is 0 Å². The van der Waals surface area contributed by atoms with Gasteiger partial charge in [0.05, 0.1) is 12.3 Å². The number of nitrogens with zero attached hydrogens (tertiary/aromatic N) is 4. The molecule has 1 fully saturated rings. The van der Waals surface area contributed by atoms with Crippen molar-refractivity contribution in [3.63, 3.8) is 0 Å². The van der Waals surface area contributed by atoms with Crippen molar-refractivity contribution in [2.45, 2.75) is 53.5 Å². The summed E-state index contributed by atoms with van der Waals surface area (Å²) in [6, 6.07) is 10.7. The molecule has 2 unspecified atom stereocenters. The predicted molar refractivity (Wildman–Crippen MR) is 142 cm³/mol. The summed E-state index contributed by atoms with van der Waals surface area (Å²) in [7, 11) is 0. The molecule has 0 aliphatic carbocycles. The average Bonchev–Trinajstić information content (AvgIpc) is 3.24. The molecule has 0 N–H and O–H groups in total. The number of likely N-dealkylation sites (tertiary alicyclic amines) is 1. The normalized spacial score (nSPS) is 22.9. The van der Waals surface area contributed by atoms with Crippen molar-refractivity contribution in [1.29, 1.82) is 0 Å². The Morgan fingerprint density at radius 1 is 1.11 bits per heavy atom. The smallest absolute Gasteiger partial charge is 0.223 e. The minimum Gasteiger partial charge on any atom is -0.338 e. The van der Waals surface area contributed by atoms with Crippen LogP contribution in [0.2, 0.25) is 0 Å². The molecule has 35 heavy (non-hydrogen) atoms. The molecular formula is C30H38N4O. The Morgan fingerprint density at radius 3 is 2.69 bits per heavy atom. The van der Waals surface area contributed by atoms with Crippen molar-refractivity contribution in [3.05, 3.63) is 75.6 Å². The highest BCUT2D eigenvalue weighted by molar-refractivity contribution is 6.15. The second-order valence-electron chi connectivity index (χ2n) is 11.0. The van der Waals surface area contributed by atoms with Crippen molar-refractivity contribution in [1.82, 2.24) is 14.8 Å². The van der Waals surface area contributed by atoms with Gasteiger partial charge in [-0.2, -0.15) is 0 Å². The van der Waals surface area contributed by atoms with Gasteiger partial charge in [-0.25, -0.2) is 0 Å². The van der Waals surface area contributed by atoms with Crippen molar-refractivity contribution >= 4 is 11.6 Å². The maximum Gasteiger partial charge on any atom is 0.223 e. The van der Waals surface area contributed by atoms with Crippen LogP contribution in [0.1, 0.15) is 54.1 Å². The molecule has 184 valence electrons. The van der Waals surface area contributed by atoms with Gasteiger partial charge in [0.2, 0.25) is 5.91 Å². The minimum absolute atomic E-state index is 0.305. The van der Waals surface area contributed by atoms with Gasteiger partial charge in [-0.05, 0) is 85.4 Å². The van der Waals surface area contributed by atoms with Crippen LogP contribution in [-0.2, 0) is 11.3 Å². The van der Waals surface area contributed by atoms with E-state index in [2.05, 4.69) is 59.8 Å². The summed E-state index contributed by atoms with van der Waals surface area (Å²) in [6.07, 6.45) is 4.58. The molecule has 1 aromatic heterocycles. The van der Waals surface area contributed by atoms with Gasteiger partial charge in [-0.3, -0.25) is 19.7 Å². The van der Waals surface area contributed by atoms with Crippen LogP contribution in [0, 0.1) is 32.6 Å². The number of aryl methyl sites for hydroxylation is 3. The Balaban J connectivity index is 1.23. The molecule has 0 saturated carbocycles. The number of carbonyl (C=O) groups excluding carboxylic acids is 1. The lowest BCUT2D eigenvalue weighted by Gasteiger charge is -2.38. The predicted octanol–water partition coefficient (Wildman–Crippen LogP) is 4.89. The van der Waals surface area contributed by atoms with Crippen LogP contribution in [0.15, 0.2) is 52.7 Å². The van der Waals surface area contributed by atoms with Crippen LogP contribution in [0.25, 0.3) is 0 Å². The van der Waals surface area contributed by atoms with E-state index in [4.69, 9.17) is 4.99 Å². The number of aromatic nitrogens is 1. The second-order valence-corrected chi connectivity index (χ2v) is 11.0. The number of pyridine rings is 1. The molecule has 1 amide bonds. The first-order valence-corrected chi connectivity index (χ1v) is 13.1. The third-order valence-corrected chi connectivity index (χ3v) is 8.01. The fourth-order valence-corrected chi connectivity index (χ4v) is 6.23. The lowest BCUT2D eigenvalue weighted by atomic mass is 9.87. The number of piperidine rings is 1. The summed E-state index contributed by atoms with van der Waals surface area (Å²) in [6.45, 7) is 14.2. The molecule has 3 aliphatic heterocycles. The van der Waals surface area contributed by atoms with Crippen molar-refractivity contribution in [2.24, 2.45) is 16.8 Å². The van der Waals surface area contributed by atoms with Crippen molar-refractivity contribution in [3.8, 4) is 0 Å². The standard InChI is InChI=1S/C30H38N4O/c1-20-12-24(17-33(16-20)18-27-21(2)6-5-7-22(27)3)14-29(35)34-11-9-26-15-32-30(28(26)19-34)25-8-10-31-23(4)13-25/h5-8,10,13,20,24H,9,11-12,14-19H2,1-4H3. The van der Waals surface area contributed by atoms with Crippen molar-refractivity contribution in [2.75, 3.05) is 32.7 Å². The summed E-state index contributed by atoms with van der Waals surface area (Å²) in [5, 5.41) is 0. The maximum absolute atomic E-state index is 13.5. The Morgan fingerprint density at radius 2 is 1.91 bits per heavy atom. The topological polar surface area (TPSA) is 48.8 Å². The molecule has 5 heteroatoms. The molecule has 0 radical (unpaired) electrons. The number of hydrogen-bond acceptors (Lipinski definition) is 4. The van der Waals surface area contributed by atoms with E-state index >= 15 is 0 Å². The third kappa shape index (κ3) is 5.25. The molecule has 4 heterocycles. The van der Waals surface area contributed by atoms with Gasteiger partial charge in [0.15, 0.2) is 0 Å². The molecule has 1 aromatic carbocycles. The Kier molecular flexibility index (Phi) is 6.88. The Bertz CT molecular complexity index is 1160. The van der Waals surface area contributed by atoms with E-state index in [-0.39, 0.29) is 0 Å². The van der Waals surface area contributed by atoms with Crippen LogP contribution in [0.5, 0.6) is 0 Å². The third-order valence-electron chi connectivity index (χ3n) is 8.01. The number of amides is 1. The van der Waals surface area contributed by atoms with Crippen LogP contribution >= 0.6 is 0 Å². The first kappa shape index (κ1) is 23.9. The maximum atomic E-state index is 13.5. The number of aliphatic imine (C=N–C) groups is 1. The number of carbonyl (C=O) groups is 1. The van der Waals surface area contributed by atoms with E-state index in [1.54, 1.807) is 0 Å². The highest BCUT2D eigenvalue weighted by Crippen LogP contribution is 2.31. The monoisotopic (exact) mass is 470 g/mol. The summed E-state index contributed by atoms with van der Waals surface area (Å²) in [5.74, 6) is 1.34. The zero-order valence-electron chi connectivity index (χ0n) is 21.7. The second kappa shape index (κ2) is 10.1.